The molecule has 2 aromatic rings. The number of rotatable bonds is 5. The number of carbonyl (C=O) groups excluding carboxylic acids is 1. The third-order valence-corrected chi connectivity index (χ3v) is 3.97. The van der Waals surface area contributed by atoms with Crippen molar-refractivity contribution < 1.29 is 9.53 Å². The molecular formula is C14H14Cl2N2O2S. The van der Waals surface area contributed by atoms with Gasteiger partial charge in [0.15, 0.2) is 4.47 Å². The fraction of sp³-hybridized carbons (Fsp3) is 0.286. The molecule has 0 spiro atoms. The molecule has 0 radical (unpaired) electrons. The van der Waals surface area contributed by atoms with Crippen LogP contribution in [-0.2, 0) is 11.3 Å². The van der Waals surface area contributed by atoms with Crippen molar-refractivity contribution in [3.63, 3.8) is 0 Å². The van der Waals surface area contributed by atoms with E-state index in [-0.39, 0.29) is 12.1 Å². The Balaban J connectivity index is 2.09. The molecule has 112 valence electrons. The number of benzene rings is 1. The number of nitrogens with one attached hydrogen (secondary N) is 1. The lowest BCUT2D eigenvalue weighted by molar-refractivity contribution is 0.0378. The van der Waals surface area contributed by atoms with Crippen LogP contribution in [0, 0.1) is 0 Å². The minimum Gasteiger partial charge on any atom is -0.459 e. The van der Waals surface area contributed by atoms with Crippen LogP contribution in [0.5, 0.6) is 0 Å². The number of thiazole rings is 1. The Morgan fingerprint density at radius 1 is 1.43 bits per heavy atom. The third kappa shape index (κ3) is 4.59. The first-order valence-electron chi connectivity index (χ1n) is 6.30. The number of hydrogen-bond donors (Lipinski definition) is 1. The molecule has 1 heterocycles. The minimum atomic E-state index is -0.370. The number of anilines is 1. The highest BCUT2D eigenvalue weighted by Crippen LogP contribution is 2.25. The van der Waals surface area contributed by atoms with Crippen LogP contribution < -0.4 is 5.32 Å². The number of hydrogen-bond acceptors (Lipinski definition) is 5. The molecule has 21 heavy (non-hydrogen) atoms. The van der Waals surface area contributed by atoms with Crippen molar-refractivity contribution in [1.29, 1.82) is 0 Å². The van der Waals surface area contributed by atoms with Gasteiger partial charge in [0, 0.05) is 11.1 Å². The monoisotopic (exact) mass is 344 g/mol. The lowest BCUT2D eigenvalue weighted by Crippen LogP contribution is -2.12. The van der Waals surface area contributed by atoms with E-state index >= 15 is 0 Å². The first kappa shape index (κ1) is 16.1. The zero-order chi connectivity index (χ0) is 15.4. The van der Waals surface area contributed by atoms with Crippen LogP contribution in [0.4, 0.5) is 5.69 Å². The van der Waals surface area contributed by atoms with Crippen LogP contribution in [0.1, 0.15) is 29.1 Å². The summed E-state index contributed by atoms with van der Waals surface area (Å²) in [6.45, 7) is 4.15. The Labute approximate surface area is 137 Å². The Kier molecular flexibility index (Phi) is 5.45. The largest absolute Gasteiger partial charge is 0.459 e. The number of carbonyl (C=O) groups is 1. The highest BCUT2D eigenvalue weighted by Gasteiger charge is 2.12. The van der Waals surface area contributed by atoms with Crippen molar-refractivity contribution in [2.24, 2.45) is 0 Å². The summed E-state index contributed by atoms with van der Waals surface area (Å²) in [4.78, 5) is 16.8. The van der Waals surface area contributed by atoms with E-state index in [1.807, 2.05) is 0 Å². The maximum Gasteiger partial charge on any atom is 0.338 e. The zero-order valence-corrected chi connectivity index (χ0v) is 13.9. The first-order chi connectivity index (χ1) is 9.95. The van der Waals surface area contributed by atoms with Crippen LogP contribution in [-0.4, -0.2) is 17.1 Å². The van der Waals surface area contributed by atoms with Gasteiger partial charge < -0.3 is 10.1 Å². The van der Waals surface area contributed by atoms with Crippen LogP contribution in [0.25, 0.3) is 0 Å². The normalized spacial score (nSPS) is 10.7. The van der Waals surface area contributed by atoms with Gasteiger partial charge in [-0.1, -0.05) is 23.2 Å². The molecule has 2 rings (SSSR count). The Morgan fingerprint density at radius 3 is 2.81 bits per heavy atom. The highest BCUT2D eigenvalue weighted by atomic mass is 35.5. The van der Waals surface area contributed by atoms with Gasteiger partial charge in [-0.15, -0.1) is 11.3 Å². The molecule has 0 atom stereocenters. The van der Waals surface area contributed by atoms with Crippen LogP contribution >= 0.6 is 34.5 Å². The topological polar surface area (TPSA) is 51.2 Å². The van der Waals surface area contributed by atoms with Crippen molar-refractivity contribution in [3.05, 3.63) is 44.3 Å². The quantitative estimate of drug-likeness (QED) is 0.803. The van der Waals surface area contributed by atoms with Crippen LogP contribution in [0.3, 0.4) is 0 Å². The molecule has 1 aromatic heterocycles. The van der Waals surface area contributed by atoms with Crippen LogP contribution in [0.15, 0.2) is 24.4 Å². The maximum absolute atomic E-state index is 11.9. The molecular weight excluding hydrogens is 331 g/mol. The van der Waals surface area contributed by atoms with Gasteiger partial charge in [0.2, 0.25) is 0 Å². The van der Waals surface area contributed by atoms with E-state index < -0.39 is 0 Å². The average molecular weight is 345 g/mol. The molecule has 0 saturated carbocycles. The van der Waals surface area contributed by atoms with Crippen molar-refractivity contribution >= 4 is 46.2 Å². The molecule has 0 saturated heterocycles. The molecule has 7 heteroatoms. The second-order valence-electron chi connectivity index (χ2n) is 4.58. The Morgan fingerprint density at radius 2 is 2.19 bits per heavy atom. The van der Waals surface area contributed by atoms with E-state index in [0.717, 1.165) is 4.88 Å². The highest BCUT2D eigenvalue weighted by molar-refractivity contribution is 7.15. The summed E-state index contributed by atoms with van der Waals surface area (Å²) in [7, 11) is 0. The maximum atomic E-state index is 11.9. The molecule has 0 bridgehead atoms. The van der Waals surface area contributed by atoms with E-state index in [1.165, 1.54) is 11.3 Å². The number of ether oxygens (including phenoxy) is 1. The minimum absolute atomic E-state index is 0.163. The summed E-state index contributed by atoms with van der Waals surface area (Å²) >= 11 is 13.3. The fourth-order valence-corrected chi connectivity index (χ4v) is 2.72. The van der Waals surface area contributed by atoms with E-state index in [0.29, 0.717) is 27.3 Å². The summed E-state index contributed by atoms with van der Waals surface area (Å²) in [6.07, 6.45) is 1.54. The molecule has 0 aliphatic carbocycles. The van der Waals surface area contributed by atoms with Gasteiger partial charge in [-0.2, -0.15) is 0 Å². The predicted molar refractivity (Wildman–Crippen MR) is 86.5 cm³/mol. The average Bonchev–Trinajstić information content (AvgIpc) is 2.82. The lowest BCUT2D eigenvalue weighted by Gasteiger charge is -2.11. The van der Waals surface area contributed by atoms with Crippen molar-refractivity contribution in [1.82, 2.24) is 4.98 Å². The summed E-state index contributed by atoms with van der Waals surface area (Å²) in [5.74, 6) is -0.370. The predicted octanol–water partition coefficient (Wildman–Crippen LogP) is 4.63. The van der Waals surface area contributed by atoms with Gasteiger partial charge >= 0.3 is 5.97 Å². The van der Waals surface area contributed by atoms with Gasteiger partial charge in [-0.3, -0.25) is 0 Å². The van der Waals surface area contributed by atoms with E-state index in [4.69, 9.17) is 27.9 Å². The van der Waals surface area contributed by atoms with Gasteiger partial charge in [0.05, 0.1) is 28.9 Å². The van der Waals surface area contributed by atoms with Gasteiger partial charge in [-0.05, 0) is 32.0 Å². The van der Waals surface area contributed by atoms with E-state index in [1.54, 1.807) is 38.2 Å². The number of halogens is 2. The molecule has 0 aliphatic heterocycles. The molecule has 0 amide bonds. The molecule has 0 unspecified atom stereocenters. The molecule has 0 aliphatic rings. The second-order valence-corrected chi connectivity index (χ2v) is 6.69. The number of esters is 1. The second kappa shape index (κ2) is 7.11. The summed E-state index contributed by atoms with van der Waals surface area (Å²) in [5, 5.41) is 3.70. The Hall–Kier alpha value is -1.30. The molecule has 4 nitrogen and oxygen atoms in total. The summed E-state index contributed by atoms with van der Waals surface area (Å²) in [5.41, 5.74) is 1.12. The SMILES string of the molecule is CC(C)OC(=O)c1ccc(Cl)c(NCc2cnc(Cl)s2)c1. The first-order valence-corrected chi connectivity index (χ1v) is 7.87. The number of aromatic nitrogens is 1. The smallest absolute Gasteiger partial charge is 0.338 e. The van der Waals surface area contributed by atoms with E-state index in [2.05, 4.69) is 10.3 Å². The third-order valence-electron chi connectivity index (χ3n) is 2.52. The fourth-order valence-electron chi connectivity index (χ4n) is 1.62. The number of nitrogens with zero attached hydrogens (tertiary/aromatic N) is 1. The molecule has 1 aromatic carbocycles. The zero-order valence-electron chi connectivity index (χ0n) is 11.5. The molecule has 0 fully saturated rings. The van der Waals surface area contributed by atoms with Crippen molar-refractivity contribution in [2.75, 3.05) is 5.32 Å². The van der Waals surface area contributed by atoms with Crippen LogP contribution in [0.2, 0.25) is 9.49 Å². The summed E-state index contributed by atoms with van der Waals surface area (Å²) < 4.78 is 5.65. The van der Waals surface area contributed by atoms with Crippen molar-refractivity contribution in [3.8, 4) is 0 Å². The van der Waals surface area contributed by atoms with Gasteiger partial charge in [0.25, 0.3) is 0 Å². The Bertz CT molecular complexity index is 644. The summed E-state index contributed by atoms with van der Waals surface area (Å²) in [6, 6.07) is 4.98. The van der Waals surface area contributed by atoms with Gasteiger partial charge in [0.1, 0.15) is 0 Å². The molecule has 1 N–H and O–H groups in total. The van der Waals surface area contributed by atoms with Crippen molar-refractivity contribution in [2.45, 2.75) is 26.5 Å². The standard InChI is InChI=1S/C14H14Cl2N2O2S/c1-8(2)20-13(19)9-3-4-11(15)12(5-9)17-6-10-7-18-14(16)21-10/h3-5,7-8,17H,6H2,1-2H3. The van der Waals surface area contributed by atoms with Gasteiger partial charge in [-0.25, -0.2) is 9.78 Å². The lowest BCUT2D eigenvalue weighted by atomic mass is 10.2. The van der Waals surface area contributed by atoms with E-state index in [9.17, 15) is 4.79 Å².